The molecule has 1 fully saturated rings. The lowest BCUT2D eigenvalue weighted by Crippen LogP contribution is -2.31. The molecular formula is C10H21NS. The van der Waals surface area contributed by atoms with E-state index in [0.717, 1.165) is 11.3 Å². The number of thioether (sulfide) groups is 1. The van der Waals surface area contributed by atoms with Gasteiger partial charge in [0.25, 0.3) is 0 Å². The zero-order valence-electron chi connectivity index (χ0n) is 8.31. The van der Waals surface area contributed by atoms with Crippen LogP contribution in [0.5, 0.6) is 0 Å². The van der Waals surface area contributed by atoms with Gasteiger partial charge in [-0.2, -0.15) is 11.8 Å². The molecule has 0 atom stereocenters. The van der Waals surface area contributed by atoms with Gasteiger partial charge in [-0.15, -0.1) is 0 Å². The Labute approximate surface area is 80.7 Å². The maximum atomic E-state index is 3.37. The summed E-state index contributed by atoms with van der Waals surface area (Å²) in [5.41, 5.74) is 0. The van der Waals surface area contributed by atoms with Crippen LogP contribution in [0.2, 0.25) is 0 Å². The molecular weight excluding hydrogens is 166 g/mol. The first-order valence-corrected chi connectivity index (χ1v) is 6.20. The zero-order valence-corrected chi connectivity index (χ0v) is 9.12. The largest absolute Gasteiger partial charge is 0.317 e. The number of nitrogens with one attached hydrogen (secondary N) is 1. The Morgan fingerprint density at radius 1 is 1.25 bits per heavy atom. The molecule has 1 saturated carbocycles. The predicted molar refractivity (Wildman–Crippen MR) is 57.9 cm³/mol. The van der Waals surface area contributed by atoms with E-state index in [2.05, 4.69) is 31.1 Å². The molecule has 0 radical (unpaired) electrons. The van der Waals surface area contributed by atoms with Gasteiger partial charge in [-0.25, -0.2) is 0 Å². The van der Waals surface area contributed by atoms with Gasteiger partial charge in [0.1, 0.15) is 0 Å². The first-order chi connectivity index (χ1) is 5.86. The monoisotopic (exact) mass is 187 g/mol. The first-order valence-electron chi connectivity index (χ1n) is 5.15. The standard InChI is InChI=1S/C10H21NS/c1-3-8-12-10-6-4-9(11-2)5-7-10/h9-11H,3-8H2,1-2H3. The van der Waals surface area contributed by atoms with E-state index in [1.165, 1.54) is 37.9 Å². The van der Waals surface area contributed by atoms with Gasteiger partial charge in [-0.3, -0.25) is 0 Å². The summed E-state index contributed by atoms with van der Waals surface area (Å²) in [7, 11) is 2.09. The van der Waals surface area contributed by atoms with Crippen LogP contribution in [0.3, 0.4) is 0 Å². The van der Waals surface area contributed by atoms with Gasteiger partial charge in [0.15, 0.2) is 0 Å². The summed E-state index contributed by atoms with van der Waals surface area (Å²) in [6.45, 7) is 2.27. The molecule has 1 aliphatic carbocycles. The van der Waals surface area contributed by atoms with E-state index in [9.17, 15) is 0 Å². The molecule has 0 aromatic heterocycles. The summed E-state index contributed by atoms with van der Waals surface area (Å²) in [6.07, 6.45) is 6.96. The van der Waals surface area contributed by atoms with Crippen LogP contribution >= 0.6 is 11.8 Å². The van der Waals surface area contributed by atoms with E-state index in [1.807, 2.05) is 0 Å². The molecule has 1 aliphatic rings. The molecule has 0 aromatic carbocycles. The lowest BCUT2D eigenvalue weighted by Gasteiger charge is -2.27. The van der Waals surface area contributed by atoms with Crippen molar-refractivity contribution in [3.8, 4) is 0 Å². The van der Waals surface area contributed by atoms with Crippen LogP contribution in [0.1, 0.15) is 39.0 Å². The molecule has 0 unspecified atom stereocenters. The van der Waals surface area contributed by atoms with Crippen molar-refractivity contribution < 1.29 is 0 Å². The second-order valence-electron chi connectivity index (χ2n) is 3.63. The highest BCUT2D eigenvalue weighted by atomic mass is 32.2. The lowest BCUT2D eigenvalue weighted by molar-refractivity contribution is 0.401. The van der Waals surface area contributed by atoms with E-state index < -0.39 is 0 Å². The summed E-state index contributed by atoms with van der Waals surface area (Å²) in [5, 5.41) is 4.34. The topological polar surface area (TPSA) is 12.0 Å². The van der Waals surface area contributed by atoms with Crippen molar-refractivity contribution in [2.75, 3.05) is 12.8 Å². The van der Waals surface area contributed by atoms with Crippen molar-refractivity contribution in [1.82, 2.24) is 5.32 Å². The number of hydrogen-bond acceptors (Lipinski definition) is 2. The average molecular weight is 187 g/mol. The van der Waals surface area contributed by atoms with Gasteiger partial charge >= 0.3 is 0 Å². The van der Waals surface area contributed by atoms with Gasteiger partial charge in [0, 0.05) is 11.3 Å². The summed E-state index contributed by atoms with van der Waals surface area (Å²) in [6, 6.07) is 0.809. The second-order valence-corrected chi connectivity index (χ2v) is 5.04. The van der Waals surface area contributed by atoms with Crippen LogP contribution in [0, 0.1) is 0 Å². The first kappa shape index (κ1) is 10.4. The molecule has 2 heteroatoms. The van der Waals surface area contributed by atoms with Crippen LogP contribution in [-0.4, -0.2) is 24.1 Å². The van der Waals surface area contributed by atoms with E-state index in [0.29, 0.717) is 0 Å². The van der Waals surface area contributed by atoms with Gasteiger partial charge in [-0.05, 0) is 44.9 Å². The Balaban J connectivity index is 2.09. The predicted octanol–water partition coefficient (Wildman–Crippen LogP) is 2.66. The van der Waals surface area contributed by atoms with Crippen LogP contribution in [0.15, 0.2) is 0 Å². The van der Waals surface area contributed by atoms with Crippen LogP contribution in [0.25, 0.3) is 0 Å². The van der Waals surface area contributed by atoms with Crippen LogP contribution in [-0.2, 0) is 0 Å². The molecule has 0 spiro atoms. The third-order valence-electron chi connectivity index (χ3n) is 2.64. The number of rotatable bonds is 4. The molecule has 1 nitrogen and oxygen atoms in total. The lowest BCUT2D eigenvalue weighted by atomic mass is 9.95. The van der Waals surface area contributed by atoms with Crippen molar-refractivity contribution in [3.05, 3.63) is 0 Å². The zero-order chi connectivity index (χ0) is 8.81. The van der Waals surface area contributed by atoms with Gasteiger partial charge in [0.05, 0.1) is 0 Å². The van der Waals surface area contributed by atoms with Crippen molar-refractivity contribution in [1.29, 1.82) is 0 Å². The Hall–Kier alpha value is 0.310. The maximum absolute atomic E-state index is 3.37. The molecule has 0 bridgehead atoms. The fourth-order valence-corrected chi connectivity index (χ4v) is 2.98. The quantitative estimate of drug-likeness (QED) is 0.726. The Kier molecular flexibility index (Phi) is 5.08. The van der Waals surface area contributed by atoms with Crippen molar-refractivity contribution >= 4 is 11.8 Å². The van der Waals surface area contributed by atoms with Gasteiger partial charge in [-0.1, -0.05) is 6.92 Å². The summed E-state index contributed by atoms with van der Waals surface area (Å²) >= 11 is 2.18. The van der Waals surface area contributed by atoms with Gasteiger partial charge in [0.2, 0.25) is 0 Å². The molecule has 0 amide bonds. The SMILES string of the molecule is CCCSC1CCC(NC)CC1. The molecule has 1 N–H and O–H groups in total. The molecule has 0 aromatic rings. The molecule has 0 saturated heterocycles. The fraction of sp³-hybridized carbons (Fsp3) is 1.00. The number of hydrogen-bond donors (Lipinski definition) is 1. The van der Waals surface area contributed by atoms with Gasteiger partial charge < -0.3 is 5.32 Å². The smallest absolute Gasteiger partial charge is 0.00648 e. The molecule has 72 valence electrons. The van der Waals surface area contributed by atoms with Crippen LogP contribution < -0.4 is 5.32 Å². The highest BCUT2D eigenvalue weighted by molar-refractivity contribution is 7.99. The molecule has 0 aliphatic heterocycles. The van der Waals surface area contributed by atoms with Crippen molar-refractivity contribution in [3.63, 3.8) is 0 Å². The van der Waals surface area contributed by atoms with Crippen molar-refractivity contribution in [2.45, 2.75) is 50.3 Å². The Bertz CT molecular complexity index is 108. The minimum Gasteiger partial charge on any atom is -0.317 e. The van der Waals surface area contributed by atoms with E-state index in [1.54, 1.807) is 0 Å². The summed E-state index contributed by atoms with van der Waals surface area (Å²) < 4.78 is 0. The normalized spacial score (nSPS) is 30.5. The molecule has 12 heavy (non-hydrogen) atoms. The third-order valence-corrected chi connectivity index (χ3v) is 4.23. The summed E-state index contributed by atoms with van der Waals surface area (Å²) in [4.78, 5) is 0. The Morgan fingerprint density at radius 3 is 2.42 bits per heavy atom. The molecule has 0 heterocycles. The van der Waals surface area contributed by atoms with E-state index in [-0.39, 0.29) is 0 Å². The third kappa shape index (κ3) is 3.36. The van der Waals surface area contributed by atoms with Crippen LogP contribution in [0.4, 0.5) is 0 Å². The minimum atomic E-state index is 0.809. The highest BCUT2D eigenvalue weighted by Gasteiger charge is 2.19. The highest BCUT2D eigenvalue weighted by Crippen LogP contribution is 2.28. The van der Waals surface area contributed by atoms with E-state index >= 15 is 0 Å². The fourth-order valence-electron chi connectivity index (χ4n) is 1.80. The minimum absolute atomic E-state index is 0.809. The maximum Gasteiger partial charge on any atom is 0.00648 e. The Morgan fingerprint density at radius 2 is 1.92 bits per heavy atom. The van der Waals surface area contributed by atoms with Crippen molar-refractivity contribution in [2.24, 2.45) is 0 Å². The molecule has 1 rings (SSSR count). The second kappa shape index (κ2) is 5.87. The average Bonchev–Trinajstić information content (AvgIpc) is 2.15. The summed E-state index contributed by atoms with van der Waals surface area (Å²) in [5.74, 6) is 1.36. The van der Waals surface area contributed by atoms with E-state index in [4.69, 9.17) is 0 Å².